The van der Waals surface area contributed by atoms with Crippen molar-refractivity contribution in [2.24, 2.45) is 0 Å². The van der Waals surface area contributed by atoms with Crippen LogP contribution in [0.2, 0.25) is 0 Å². The lowest BCUT2D eigenvalue weighted by Crippen LogP contribution is -2.46. The van der Waals surface area contributed by atoms with Gasteiger partial charge in [0.1, 0.15) is 17.2 Å². The first-order valence-corrected chi connectivity index (χ1v) is 9.46. The van der Waals surface area contributed by atoms with Gasteiger partial charge in [0, 0.05) is 38.4 Å². The molecule has 3 aromatic rings. The molecule has 144 valence electrons. The van der Waals surface area contributed by atoms with Gasteiger partial charge in [0.15, 0.2) is 5.65 Å². The van der Waals surface area contributed by atoms with E-state index in [1.54, 1.807) is 12.3 Å². The summed E-state index contributed by atoms with van der Waals surface area (Å²) >= 11 is 0. The smallest absolute Gasteiger partial charge is 0.320 e. The zero-order valence-electron chi connectivity index (χ0n) is 15.8. The van der Waals surface area contributed by atoms with E-state index in [-0.39, 0.29) is 6.03 Å². The second-order valence-corrected chi connectivity index (χ2v) is 6.56. The summed E-state index contributed by atoms with van der Waals surface area (Å²) in [5, 5.41) is 5.39. The van der Waals surface area contributed by atoms with Gasteiger partial charge in [-0.25, -0.2) is 19.7 Å². The number of urea groups is 1. The highest BCUT2D eigenvalue weighted by Gasteiger charge is 2.19. The number of anilines is 3. The predicted octanol–water partition coefficient (Wildman–Crippen LogP) is 2.49. The van der Waals surface area contributed by atoms with Crippen molar-refractivity contribution in [2.75, 3.05) is 47.8 Å². The summed E-state index contributed by atoms with van der Waals surface area (Å²) in [7, 11) is 0. The predicted molar refractivity (Wildman–Crippen MR) is 111 cm³/mol. The minimum Gasteiger partial charge on any atom is -0.368 e. The number of rotatable bonds is 4. The third-order valence-corrected chi connectivity index (χ3v) is 4.70. The van der Waals surface area contributed by atoms with E-state index < -0.39 is 0 Å². The Bertz CT molecular complexity index is 955. The number of piperazine rings is 1. The number of hydrogen-bond donors (Lipinski definition) is 2. The standard InChI is InChI=1S/C20H23N7O/c1-2-21-20(28)24-17-9-8-16-19(23-17)25-18(14-22-16)27-12-10-26(11-13-27)15-6-4-3-5-7-15/h3-9,14H,2,10-13H2,1H3,(H2,21,23,24,25,28). The Hall–Kier alpha value is -3.42. The van der Waals surface area contributed by atoms with Crippen molar-refractivity contribution in [2.45, 2.75) is 6.92 Å². The third kappa shape index (κ3) is 3.95. The van der Waals surface area contributed by atoms with Crippen molar-refractivity contribution in [1.82, 2.24) is 20.3 Å². The van der Waals surface area contributed by atoms with E-state index in [0.717, 1.165) is 32.0 Å². The number of nitrogens with one attached hydrogen (secondary N) is 2. The van der Waals surface area contributed by atoms with Crippen molar-refractivity contribution >= 4 is 34.5 Å². The van der Waals surface area contributed by atoms with Crippen molar-refractivity contribution < 1.29 is 4.79 Å². The van der Waals surface area contributed by atoms with Gasteiger partial charge >= 0.3 is 6.03 Å². The molecule has 0 saturated carbocycles. The maximum Gasteiger partial charge on any atom is 0.320 e. The van der Waals surface area contributed by atoms with Crippen LogP contribution in [0.15, 0.2) is 48.7 Å². The normalized spacial score (nSPS) is 14.2. The number of fused-ring (bicyclic) bond motifs is 1. The van der Waals surface area contributed by atoms with Gasteiger partial charge in [0.25, 0.3) is 0 Å². The van der Waals surface area contributed by atoms with Crippen LogP contribution < -0.4 is 20.4 Å². The molecule has 28 heavy (non-hydrogen) atoms. The molecule has 3 heterocycles. The molecule has 0 bridgehead atoms. The first-order chi connectivity index (χ1) is 13.7. The average Bonchev–Trinajstić information content (AvgIpc) is 2.74. The fraction of sp³-hybridized carbons (Fsp3) is 0.300. The van der Waals surface area contributed by atoms with Crippen LogP contribution in [0, 0.1) is 0 Å². The third-order valence-electron chi connectivity index (χ3n) is 4.70. The van der Waals surface area contributed by atoms with Crippen LogP contribution in [0.5, 0.6) is 0 Å². The molecule has 8 nitrogen and oxygen atoms in total. The van der Waals surface area contributed by atoms with E-state index in [1.807, 2.05) is 19.1 Å². The number of pyridine rings is 1. The second kappa shape index (κ2) is 8.08. The van der Waals surface area contributed by atoms with Gasteiger partial charge in [0.05, 0.1) is 6.20 Å². The summed E-state index contributed by atoms with van der Waals surface area (Å²) in [6.45, 7) is 6.00. The van der Waals surface area contributed by atoms with Gasteiger partial charge in [0.2, 0.25) is 0 Å². The molecule has 1 aliphatic heterocycles. The maximum absolute atomic E-state index is 11.7. The maximum atomic E-state index is 11.7. The van der Waals surface area contributed by atoms with E-state index in [1.165, 1.54) is 5.69 Å². The molecule has 2 aromatic heterocycles. The van der Waals surface area contributed by atoms with Gasteiger partial charge in [-0.05, 0) is 31.2 Å². The molecule has 1 fully saturated rings. The minimum atomic E-state index is -0.282. The van der Waals surface area contributed by atoms with Gasteiger partial charge in [-0.2, -0.15) is 0 Å². The minimum absolute atomic E-state index is 0.282. The summed E-state index contributed by atoms with van der Waals surface area (Å²) in [5.74, 6) is 1.27. The number of carbonyl (C=O) groups excluding carboxylic acids is 1. The zero-order valence-corrected chi connectivity index (χ0v) is 15.8. The molecule has 1 saturated heterocycles. The highest BCUT2D eigenvalue weighted by molar-refractivity contribution is 5.89. The number of aromatic nitrogens is 3. The summed E-state index contributed by atoms with van der Waals surface area (Å²) in [4.78, 5) is 29.9. The van der Waals surface area contributed by atoms with Crippen LogP contribution in [0.1, 0.15) is 6.92 Å². The Morgan fingerprint density at radius 2 is 1.75 bits per heavy atom. The Kier molecular flexibility index (Phi) is 5.18. The summed E-state index contributed by atoms with van der Waals surface area (Å²) < 4.78 is 0. The summed E-state index contributed by atoms with van der Waals surface area (Å²) in [6.07, 6.45) is 1.79. The molecular weight excluding hydrogens is 354 g/mol. The van der Waals surface area contributed by atoms with Gasteiger partial charge in [-0.15, -0.1) is 0 Å². The van der Waals surface area contributed by atoms with Gasteiger partial charge in [-0.1, -0.05) is 18.2 Å². The number of benzene rings is 1. The number of para-hydroxylation sites is 1. The molecule has 2 N–H and O–H groups in total. The van der Waals surface area contributed by atoms with E-state index in [0.29, 0.717) is 23.5 Å². The molecule has 0 radical (unpaired) electrons. The topological polar surface area (TPSA) is 86.3 Å². The summed E-state index contributed by atoms with van der Waals surface area (Å²) in [5.41, 5.74) is 2.47. The molecular formula is C20H23N7O. The number of amides is 2. The quantitative estimate of drug-likeness (QED) is 0.727. The SMILES string of the molecule is CCNC(=O)Nc1ccc2ncc(N3CCN(c4ccccc4)CC3)nc2n1. The van der Waals surface area contributed by atoms with E-state index in [2.05, 4.69) is 59.7 Å². The lowest BCUT2D eigenvalue weighted by molar-refractivity contribution is 0.252. The van der Waals surface area contributed by atoms with Crippen LogP contribution in [0.25, 0.3) is 11.2 Å². The largest absolute Gasteiger partial charge is 0.368 e. The Labute approximate surface area is 163 Å². The van der Waals surface area contributed by atoms with Crippen LogP contribution in [0.3, 0.4) is 0 Å². The van der Waals surface area contributed by atoms with E-state index in [9.17, 15) is 4.79 Å². The number of carbonyl (C=O) groups is 1. The fourth-order valence-corrected chi connectivity index (χ4v) is 3.26. The van der Waals surface area contributed by atoms with E-state index >= 15 is 0 Å². The second-order valence-electron chi connectivity index (χ2n) is 6.56. The average molecular weight is 377 g/mol. The van der Waals surface area contributed by atoms with Gasteiger partial charge < -0.3 is 15.1 Å². The lowest BCUT2D eigenvalue weighted by atomic mass is 10.2. The molecule has 0 unspecified atom stereocenters. The fourth-order valence-electron chi connectivity index (χ4n) is 3.26. The van der Waals surface area contributed by atoms with Crippen molar-refractivity contribution in [1.29, 1.82) is 0 Å². The molecule has 0 spiro atoms. The molecule has 1 aromatic carbocycles. The lowest BCUT2D eigenvalue weighted by Gasteiger charge is -2.36. The van der Waals surface area contributed by atoms with Crippen LogP contribution in [-0.2, 0) is 0 Å². The Balaban J connectivity index is 1.47. The number of nitrogens with zero attached hydrogens (tertiary/aromatic N) is 5. The monoisotopic (exact) mass is 377 g/mol. The summed E-state index contributed by atoms with van der Waals surface area (Å²) in [6, 6.07) is 13.7. The molecule has 0 aliphatic carbocycles. The first kappa shape index (κ1) is 18.0. The van der Waals surface area contributed by atoms with Gasteiger partial charge in [-0.3, -0.25) is 5.32 Å². The van der Waals surface area contributed by atoms with Crippen LogP contribution in [-0.4, -0.2) is 53.7 Å². The molecule has 2 amide bonds. The molecule has 0 atom stereocenters. The number of hydrogen-bond acceptors (Lipinski definition) is 6. The Morgan fingerprint density at radius 1 is 1.00 bits per heavy atom. The van der Waals surface area contributed by atoms with Crippen LogP contribution >= 0.6 is 0 Å². The Morgan fingerprint density at radius 3 is 2.50 bits per heavy atom. The molecule has 8 heteroatoms. The van der Waals surface area contributed by atoms with Crippen LogP contribution in [0.4, 0.5) is 22.1 Å². The molecule has 4 rings (SSSR count). The molecule has 1 aliphatic rings. The van der Waals surface area contributed by atoms with Crippen molar-refractivity contribution in [3.8, 4) is 0 Å². The highest BCUT2D eigenvalue weighted by atomic mass is 16.2. The zero-order chi connectivity index (χ0) is 19.3. The van der Waals surface area contributed by atoms with Crippen molar-refractivity contribution in [3.63, 3.8) is 0 Å². The van der Waals surface area contributed by atoms with Crippen molar-refractivity contribution in [3.05, 3.63) is 48.7 Å². The highest BCUT2D eigenvalue weighted by Crippen LogP contribution is 2.20. The van der Waals surface area contributed by atoms with E-state index in [4.69, 9.17) is 0 Å². The first-order valence-electron chi connectivity index (χ1n) is 9.46.